The van der Waals surface area contributed by atoms with Crippen molar-refractivity contribution in [3.63, 3.8) is 0 Å². The Morgan fingerprint density at radius 2 is 2.21 bits per heavy atom. The van der Waals surface area contributed by atoms with Crippen LogP contribution in [0.15, 0.2) is 11.1 Å². The monoisotopic (exact) mass is 214 g/mol. The SMILES string of the molecule is CC(C)n1nc(SN)cc1CN(C)C. The molecular formula is C9H18N4S. The second kappa shape index (κ2) is 4.82. The smallest absolute Gasteiger partial charge is 0.133 e. The summed E-state index contributed by atoms with van der Waals surface area (Å²) in [6, 6.07) is 2.43. The van der Waals surface area contributed by atoms with E-state index in [1.807, 2.05) is 24.8 Å². The molecule has 5 heteroatoms. The van der Waals surface area contributed by atoms with Crippen molar-refractivity contribution in [2.75, 3.05) is 14.1 Å². The first kappa shape index (κ1) is 11.6. The third kappa shape index (κ3) is 2.73. The van der Waals surface area contributed by atoms with E-state index in [2.05, 4.69) is 23.8 Å². The fourth-order valence-electron chi connectivity index (χ4n) is 1.35. The Kier molecular flexibility index (Phi) is 3.97. The van der Waals surface area contributed by atoms with Crippen LogP contribution in [0.4, 0.5) is 0 Å². The standard InChI is InChI=1S/C9H18N4S/c1-7(2)13-8(6-12(3)4)5-9(11-13)14-10/h5,7H,6,10H2,1-4H3. The van der Waals surface area contributed by atoms with E-state index in [1.54, 1.807) is 0 Å². The van der Waals surface area contributed by atoms with Gasteiger partial charge in [0, 0.05) is 12.6 Å². The van der Waals surface area contributed by atoms with Gasteiger partial charge in [-0.3, -0.25) is 9.82 Å². The maximum absolute atomic E-state index is 5.49. The minimum atomic E-state index is 0.380. The Bertz CT molecular complexity index is 293. The highest BCUT2D eigenvalue weighted by Crippen LogP contribution is 2.17. The molecule has 1 rings (SSSR count). The number of hydrogen-bond donors (Lipinski definition) is 1. The summed E-state index contributed by atoms with van der Waals surface area (Å²) >= 11 is 1.20. The Labute approximate surface area is 89.6 Å². The van der Waals surface area contributed by atoms with Crippen LogP contribution in [0.3, 0.4) is 0 Å². The Balaban J connectivity index is 2.93. The van der Waals surface area contributed by atoms with E-state index < -0.39 is 0 Å². The molecule has 0 amide bonds. The van der Waals surface area contributed by atoms with Crippen LogP contribution in [0, 0.1) is 0 Å². The predicted octanol–water partition coefficient (Wildman–Crippen LogP) is 1.49. The quantitative estimate of drug-likeness (QED) is 0.771. The number of nitrogens with two attached hydrogens (primary N) is 1. The minimum absolute atomic E-state index is 0.380. The molecule has 0 aliphatic rings. The first-order valence-electron chi connectivity index (χ1n) is 4.64. The summed E-state index contributed by atoms with van der Waals surface area (Å²) in [5.74, 6) is 0. The zero-order valence-electron chi connectivity index (χ0n) is 9.19. The van der Waals surface area contributed by atoms with Gasteiger partial charge >= 0.3 is 0 Å². The van der Waals surface area contributed by atoms with Crippen LogP contribution in [0.25, 0.3) is 0 Å². The Morgan fingerprint density at radius 3 is 2.64 bits per heavy atom. The first-order valence-corrected chi connectivity index (χ1v) is 5.52. The number of aromatic nitrogens is 2. The van der Waals surface area contributed by atoms with Gasteiger partial charge in [-0.1, -0.05) is 0 Å². The van der Waals surface area contributed by atoms with Gasteiger partial charge in [0.15, 0.2) is 0 Å². The third-order valence-corrected chi connectivity index (χ3v) is 2.32. The highest BCUT2D eigenvalue weighted by atomic mass is 32.2. The highest BCUT2D eigenvalue weighted by molar-refractivity contribution is 7.97. The molecule has 0 aliphatic carbocycles. The van der Waals surface area contributed by atoms with E-state index in [0.717, 1.165) is 11.6 Å². The lowest BCUT2D eigenvalue weighted by Crippen LogP contribution is -2.16. The van der Waals surface area contributed by atoms with Gasteiger partial charge in [-0.2, -0.15) is 5.10 Å². The molecule has 0 fully saturated rings. The van der Waals surface area contributed by atoms with Gasteiger partial charge in [-0.25, -0.2) is 0 Å². The molecule has 1 aromatic rings. The molecule has 1 aromatic heterocycles. The van der Waals surface area contributed by atoms with Gasteiger partial charge in [0.05, 0.1) is 5.69 Å². The molecule has 4 nitrogen and oxygen atoms in total. The molecule has 1 heterocycles. The summed E-state index contributed by atoms with van der Waals surface area (Å²) < 4.78 is 2.02. The molecule has 0 saturated carbocycles. The molecule has 0 spiro atoms. The zero-order chi connectivity index (χ0) is 10.7. The molecule has 0 atom stereocenters. The van der Waals surface area contributed by atoms with Crippen LogP contribution in [0.2, 0.25) is 0 Å². The maximum atomic E-state index is 5.49. The normalized spacial score (nSPS) is 11.6. The van der Waals surface area contributed by atoms with Crippen molar-refractivity contribution >= 4 is 11.9 Å². The Hall–Kier alpha value is -0.520. The first-order chi connectivity index (χ1) is 6.54. The van der Waals surface area contributed by atoms with Crippen LogP contribution in [-0.2, 0) is 6.54 Å². The fraction of sp³-hybridized carbons (Fsp3) is 0.667. The fourth-order valence-corrected chi connectivity index (χ4v) is 1.69. The van der Waals surface area contributed by atoms with Gasteiger partial charge < -0.3 is 4.90 Å². The van der Waals surface area contributed by atoms with Crippen molar-refractivity contribution in [1.82, 2.24) is 14.7 Å². The molecule has 0 radical (unpaired) electrons. The summed E-state index contributed by atoms with van der Waals surface area (Å²) in [5.41, 5.74) is 1.21. The van der Waals surface area contributed by atoms with Gasteiger partial charge in [0.2, 0.25) is 0 Å². The van der Waals surface area contributed by atoms with Crippen molar-refractivity contribution in [3.05, 3.63) is 11.8 Å². The third-order valence-electron chi connectivity index (χ3n) is 1.88. The second-order valence-corrected chi connectivity index (χ2v) is 4.52. The Morgan fingerprint density at radius 1 is 1.57 bits per heavy atom. The van der Waals surface area contributed by atoms with Gasteiger partial charge in [-0.15, -0.1) is 0 Å². The van der Waals surface area contributed by atoms with Gasteiger partial charge in [0.25, 0.3) is 0 Å². The molecular weight excluding hydrogens is 196 g/mol. The van der Waals surface area contributed by atoms with Crippen molar-refractivity contribution in [2.45, 2.75) is 31.5 Å². The topological polar surface area (TPSA) is 47.1 Å². The van der Waals surface area contributed by atoms with Gasteiger partial charge in [-0.05, 0) is 46.0 Å². The average Bonchev–Trinajstić information content (AvgIpc) is 2.46. The highest BCUT2D eigenvalue weighted by Gasteiger charge is 2.10. The van der Waals surface area contributed by atoms with Crippen molar-refractivity contribution in [2.24, 2.45) is 5.14 Å². The van der Waals surface area contributed by atoms with E-state index in [0.29, 0.717) is 6.04 Å². The molecule has 14 heavy (non-hydrogen) atoms. The van der Waals surface area contributed by atoms with Gasteiger partial charge in [0.1, 0.15) is 5.03 Å². The summed E-state index contributed by atoms with van der Waals surface area (Å²) in [6.45, 7) is 5.14. The summed E-state index contributed by atoms with van der Waals surface area (Å²) in [7, 11) is 4.10. The molecule has 0 bridgehead atoms. The van der Waals surface area contributed by atoms with Crippen molar-refractivity contribution in [3.8, 4) is 0 Å². The van der Waals surface area contributed by atoms with Crippen LogP contribution in [-0.4, -0.2) is 28.8 Å². The van der Waals surface area contributed by atoms with Crippen LogP contribution in [0.5, 0.6) is 0 Å². The maximum Gasteiger partial charge on any atom is 0.133 e. The van der Waals surface area contributed by atoms with E-state index >= 15 is 0 Å². The number of nitrogens with zero attached hydrogens (tertiary/aromatic N) is 3. The lowest BCUT2D eigenvalue weighted by molar-refractivity contribution is 0.372. The van der Waals surface area contributed by atoms with Crippen molar-refractivity contribution in [1.29, 1.82) is 0 Å². The van der Waals surface area contributed by atoms with E-state index in [-0.39, 0.29) is 0 Å². The zero-order valence-corrected chi connectivity index (χ0v) is 10.0. The second-order valence-electron chi connectivity index (χ2n) is 3.87. The lowest BCUT2D eigenvalue weighted by Gasteiger charge is -2.14. The minimum Gasteiger partial charge on any atom is -0.304 e. The van der Waals surface area contributed by atoms with E-state index in [4.69, 9.17) is 5.14 Å². The molecule has 80 valence electrons. The van der Waals surface area contributed by atoms with E-state index in [9.17, 15) is 0 Å². The molecule has 2 N–H and O–H groups in total. The molecule has 0 unspecified atom stereocenters. The molecule has 0 aliphatic heterocycles. The van der Waals surface area contributed by atoms with Crippen LogP contribution >= 0.6 is 11.9 Å². The summed E-state index contributed by atoms with van der Waals surface area (Å²) in [5, 5.41) is 10.8. The van der Waals surface area contributed by atoms with Crippen molar-refractivity contribution < 1.29 is 0 Å². The number of hydrogen-bond acceptors (Lipinski definition) is 4. The summed E-state index contributed by atoms with van der Waals surface area (Å²) in [4.78, 5) is 2.13. The molecule has 0 saturated heterocycles. The van der Waals surface area contributed by atoms with Crippen LogP contribution < -0.4 is 5.14 Å². The summed E-state index contributed by atoms with van der Waals surface area (Å²) in [6.07, 6.45) is 0. The number of rotatable bonds is 4. The predicted molar refractivity (Wildman–Crippen MR) is 60.0 cm³/mol. The lowest BCUT2D eigenvalue weighted by atomic mass is 10.3. The average molecular weight is 214 g/mol. The van der Waals surface area contributed by atoms with Crippen LogP contribution in [0.1, 0.15) is 25.6 Å². The van der Waals surface area contributed by atoms with E-state index in [1.165, 1.54) is 17.6 Å². The molecule has 0 aromatic carbocycles. The largest absolute Gasteiger partial charge is 0.304 e.